The van der Waals surface area contributed by atoms with Gasteiger partial charge in [-0.2, -0.15) is 0 Å². The van der Waals surface area contributed by atoms with E-state index in [1.165, 1.54) is 11.1 Å². The van der Waals surface area contributed by atoms with E-state index in [0.717, 1.165) is 43.8 Å². The van der Waals surface area contributed by atoms with Crippen LogP contribution in [0.25, 0.3) is 0 Å². The number of carbonyl (C=O) groups excluding carboxylic acids is 1. The van der Waals surface area contributed by atoms with E-state index in [-0.39, 0.29) is 12.5 Å². The van der Waals surface area contributed by atoms with Crippen molar-refractivity contribution in [2.24, 2.45) is 0 Å². The number of anilines is 1. The zero-order valence-corrected chi connectivity index (χ0v) is 16.1. The molecule has 2 heterocycles. The van der Waals surface area contributed by atoms with Crippen molar-refractivity contribution in [3.8, 4) is 5.75 Å². The molecule has 0 radical (unpaired) electrons. The van der Waals surface area contributed by atoms with Gasteiger partial charge in [0.05, 0.1) is 5.69 Å². The molecule has 1 aromatic carbocycles. The highest BCUT2D eigenvalue weighted by Gasteiger charge is 2.27. The number of fused-ring (bicyclic) bond motifs is 2. The highest BCUT2D eigenvalue weighted by Crippen LogP contribution is 2.38. The zero-order chi connectivity index (χ0) is 18.2. The summed E-state index contributed by atoms with van der Waals surface area (Å²) in [5, 5.41) is 3.49. The van der Waals surface area contributed by atoms with E-state index in [2.05, 4.69) is 24.4 Å². The highest BCUT2D eigenvalue weighted by molar-refractivity contribution is 5.98. The Morgan fingerprint density at radius 3 is 2.92 bits per heavy atom. The second-order valence-electron chi connectivity index (χ2n) is 6.41. The summed E-state index contributed by atoms with van der Waals surface area (Å²) in [6.45, 7) is 9.74. The molecule has 1 aromatic rings. The van der Waals surface area contributed by atoms with E-state index in [4.69, 9.17) is 9.47 Å². The Morgan fingerprint density at radius 1 is 1.36 bits per heavy atom. The number of benzene rings is 1. The third kappa shape index (κ3) is 4.73. The summed E-state index contributed by atoms with van der Waals surface area (Å²) in [4.78, 5) is 14.1. The van der Waals surface area contributed by atoms with E-state index in [9.17, 15) is 4.79 Å². The fraction of sp³-hybridized carbons (Fsp3) is 0.650. The fourth-order valence-corrected chi connectivity index (χ4v) is 3.42. The van der Waals surface area contributed by atoms with Gasteiger partial charge in [0.25, 0.3) is 5.91 Å². The zero-order valence-electron chi connectivity index (χ0n) is 16.1. The van der Waals surface area contributed by atoms with Crippen LogP contribution in [0.15, 0.2) is 12.1 Å². The first-order valence-electron chi connectivity index (χ1n) is 9.50. The standard InChI is InChI=1S/C18H26N2O3.C2H6/c1-13-11-19-6-3-5-14-9-17-16(10-15(13)14)20(7-4-8-22-2)18(21)12-23-17;1-2/h9-10,13,19H,3-8,11-12H2,1-2H3;1-2H3. The van der Waals surface area contributed by atoms with Gasteiger partial charge in [-0.1, -0.05) is 20.8 Å². The number of aryl methyl sites for hydroxylation is 1. The van der Waals surface area contributed by atoms with Crippen LogP contribution in [0.1, 0.15) is 50.7 Å². The average molecular weight is 348 g/mol. The van der Waals surface area contributed by atoms with Crippen LogP contribution in [0.5, 0.6) is 5.75 Å². The van der Waals surface area contributed by atoms with Crippen molar-refractivity contribution >= 4 is 11.6 Å². The molecule has 2 aliphatic heterocycles. The van der Waals surface area contributed by atoms with E-state index in [0.29, 0.717) is 19.1 Å². The molecule has 1 atom stereocenters. The van der Waals surface area contributed by atoms with Crippen molar-refractivity contribution in [2.45, 2.75) is 46.0 Å². The predicted molar refractivity (Wildman–Crippen MR) is 102 cm³/mol. The lowest BCUT2D eigenvalue weighted by Crippen LogP contribution is -2.40. The summed E-state index contributed by atoms with van der Waals surface area (Å²) in [5.41, 5.74) is 3.62. The summed E-state index contributed by atoms with van der Waals surface area (Å²) in [6, 6.07) is 4.33. The molecule has 0 saturated heterocycles. The predicted octanol–water partition coefficient (Wildman–Crippen LogP) is 3.11. The summed E-state index contributed by atoms with van der Waals surface area (Å²) in [6.07, 6.45) is 3.02. The fourth-order valence-electron chi connectivity index (χ4n) is 3.42. The lowest BCUT2D eigenvalue weighted by atomic mass is 9.90. The van der Waals surface area contributed by atoms with Gasteiger partial charge in [0.2, 0.25) is 0 Å². The number of rotatable bonds is 4. The number of nitrogens with zero attached hydrogens (tertiary/aromatic N) is 1. The second kappa shape index (κ2) is 9.78. The van der Waals surface area contributed by atoms with Crippen LogP contribution in [-0.2, 0) is 16.0 Å². The molecule has 5 heteroatoms. The Balaban J connectivity index is 0.00000109. The maximum Gasteiger partial charge on any atom is 0.265 e. The van der Waals surface area contributed by atoms with E-state index in [1.54, 1.807) is 7.11 Å². The first kappa shape index (κ1) is 19.7. The molecule has 0 fully saturated rings. The van der Waals surface area contributed by atoms with Crippen LogP contribution in [0, 0.1) is 0 Å². The minimum absolute atomic E-state index is 0.0326. The molecule has 1 amide bonds. The summed E-state index contributed by atoms with van der Waals surface area (Å²) in [7, 11) is 1.69. The number of amides is 1. The van der Waals surface area contributed by atoms with E-state index < -0.39 is 0 Å². The normalized spacial score (nSPS) is 19.6. The Kier molecular flexibility index (Phi) is 7.72. The number of hydrogen-bond donors (Lipinski definition) is 1. The van der Waals surface area contributed by atoms with Crippen LogP contribution in [0.3, 0.4) is 0 Å². The molecule has 25 heavy (non-hydrogen) atoms. The van der Waals surface area contributed by atoms with E-state index >= 15 is 0 Å². The topological polar surface area (TPSA) is 50.8 Å². The third-order valence-electron chi connectivity index (χ3n) is 4.68. The lowest BCUT2D eigenvalue weighted by Gasteiger charge is -2.32. The van der Waals surface area contributed by atoms with Gasteiger partial charge in [-0.25, -0.2) is 0 Å². The third-order valence-corrected chi connectivity index (χ3v) is 4.68. The van der Waals surface area contributed by atoms with Crippen molar-refractivity contribution in [1.82, 2.24) is 5.32 Å². The molecule has 0 saturated carbocycles. The molecule has 0 spiro atoms. The minimum Gasteiger partial charge on any atom is -0.482 e. The van der Waals surface area contributed by atoms with Crippen molar-refractivity contribution in [1.29, 1.82) is 0 Å². The molecular formula is C20H32N2O3. The number of nitrogens with one attached hydrogen (secondary N) is 1. The number of hydrogen-bond acceptors (Lipinski definition) is 4. The summed E-state index contributed by atoms with van der Waals surface area (Å²) in [5.74, 6) is 1.32. The maximum atomic E-state index is 12.3. The van der Waals surface area contributed by atoms with Crippen LogP contribution in [0.2, 0.25) is 0 Å². The Bertz CT molecular complexity index is 574. The molecule has 0 bridgehead atoms. The van der Waals surface area contributed by atoms with Crippen molar-refractivity contribution in [2.75, 3.05) is 44.9 Å². The molecule has 3 rings (SSSR count). The average Bonchev–Trinajstić information content (AvgIpc) is 2.63. The van der Waals surface area contributed by atoms with Gasteiger partial charge >= 0.3 is 0 Å². The van der Waals surface area contributed by atoms with Gasteiger partial charge in [-0.3, -0.25) is 4.79 Å². The maximum absolute atomic E-state index is 12.3. The Labute approximate surface area is 151 Å². The van der Waals surface area contributed by atoms with Gasteiger partial charge in [0.1, 0.15) is 5.75 Å². The van der Waals surface area contributed by atoms with Crippen LogP contribution < -0.4 is 15.0 Å². The van der Waals surface area contributed by atoms with Crippen LogP contribution >= 0.6 is 0 Å². The number of carbonyl (C=O) groups is 1. The smallest absolute Gasteiger partial charge is 0.265 e. The first-order chi connectivity index (χ1) is 12.2. The molecule has 0 aromatic heterocycles. The number of ether oxygens (including phenoxy) is 2. The van der Waals surface area contributed by atoms with Gasteiger partial charge in [-0.15, -0.1) is 0 Å². The van der Waals surface area contributed by atoms with Crippen molar-refractivity contribution in [3.05, 3.63) is 23.3 Å². The molecule has 5 nitrogen and oxygen atoms in total. The monoisotopic (exact) mass is 348 g/mol. The first-order valence-corrected chi connectivity index (χ1v) is 9.50. The lowest BCUT2D eigenvalue weighted by molar-refractivity contribution is -0.121. The van der Waals surface area contributed by atoms with Gasteiger partial charge < -0.3 is 19.7 Å². The molecule has 1 unspecified atom stereocenters. The van der Waals surface area contributed by atoms with Gasteiger partial charge in [0.15, 0.2) is 6.61 Å². The quantitative estimate of drug-likeness (QED) is 0.850. The minimum atomic E-state index is 0.0326. The Morgan fingerprint density at radius 2 is 2.16 bits per heavy atom. The highest BCUT2D eigenvalue weighted by atomic mass is 16.5. The van der Waals surface area contributed by atoms with Crippen molar-refractivity contribution in [3.63, 3.8) is 0 Å². The molecule has 1 N–H and O–H groups in total. The van der Waals surface area contributed by atoms with Gasteiger partial charge in [-0.05, 0) is 55.0 Å². The summed E-state index contributed by atoms with van der Waals surface area (Å²) >= 11 is 0. The van der Waals surface area contributed by atoms with Crippen LogP contribution in [0.4, 0.5) is 5.69 Å². The van der Waals surface area contributed by atoms with Crippen molar-refractivity contribution < 1.29 is 14.3 Å². The molecule has 2 aliphatic rings. The number of methoxy groups -OCH3 is 1. The molecule has 0 aliphatic carbocycles. The van der Waals surface area contributed by atoms with Crippen LogP contribution in [-0.4, -0.2) is 45.9 Å². The molecule has 140 valence electrons. The largest absolute Gasteiger partial charge is 0.482 e. The van der Waals surface area contributed by atoms with E-state index in [1.807, 2.05) is 18.7 Å². The SMILES string of the molecule is CC.COCCCN1C(=O)COc2cc3c(cc21)C(C)CNCCC3. The Hall–Kier alpha value is -1.59. The van der Waals surface area contributed by atoms with Gasteiger partial charge in [0, 0.05) is 26.8 Å². The molecular weight excluding hydrogens is 316 g/mol. The second-order valence-corrected chi connectivity index (χ2v) is 6.41. The summed E-state index contributed by atoms with van der Waals surface area (Å²) < 4.78 is 10.8.